The van der Waals surface area contributed by atoms with E-state index in [1.54, 1.807) is 4.68 Å². The lowest BCUT2D eigenvalue weighted by Gasteiger charge is -2.26. The number of hydrogen-bond donors (Lipinski definition) is 1. The number of aryl methyl sites for hydroxylation is 1. The van der Waals surface area contributed by atoms with Crippen LogP contribution in [0, 0.1) is 5.92 Å². The van der Waals surface area contributed by atoms with E-state index in [1.807, 2.05) is 7.05 Å². The number of nitrogens with zero attached hydrogens (tertiary/aromatic N) is 4. The molecule has 1 heterocycles. The van der Waals surface area contributed by atoms with Crippen LogP contribution in [0.5, 0.6) is 0 Å². The van der Waals surface area contributed by atoms with Crippen LogP contribution < -0.4 is 5.32 Å². The monoisotopic (exact) mass is 225 g/mol. The van der Waals surface area contributed by atoms with Gasteiger partial charge >= 0.3 is 0 Å². The number of tetrazole rings is 1. The van der Waals surface area contributed by atoms with Gasteiger partial charge < -0.3 is 5.32 Å². The molecule has 0 aliphatic rings. The molecule has 1 aromatic rings. The lowest BCUT2D eigenvalue weighted by atomic mass is 9.88. The Labute approximate surface area is 97.6 Å². The molecule has 0 saturated carbocycles. The van der Waals surface area contributed by atoms with E-state index in [9.17, 15) is 0 Å². The van der Waals surface area contributed by atoms with Gasteiger partial charge in [-0.3, -0.25) is 0 Å². The molecule has 0 fully saturated rings. The number of nitrogens with one attached hydrogen (secondary N) is 1. The van der Waals surface area contributed by atoms with E-state index < -0.39 is 0 Å². The minimum Gasteiger partial charge on any atom is -0.314 e. The Kier molecular flexibility index (Phi) is 4.86. The molecule has 2 atom stereocenters. The first-order valence-corrected chi connectivity index (χ1v) is 6.03. The zero-order valence-electron chi connectivity index (χ0n) is 10.9. The van der Waals surface area contributed by atoms with Gasteiger partial charge in [-0.2, -0.15) is 0 Å². The second kappa shape index (κ2) is 5.94. The van der Waals surface area contributed by atoms with Crippen LogP contribution in [0.25, 0.3) is 0 Å². The molecule has 0 radical (unpaired) electrons. The first kappa shape index (κ1) is 13.1. The molecule has 2 unspecified atom stereocenters. The van der Waals surface area contributed by atoms with Crippen molar-refractivity contribution in [1.82, 2.24) is 25.5 Å². The molecule has 0 bridgehead atoms. The maximum absolute atomic E-state index is 4.13. The lowest BCUT2D eigenvalue weighted by molar-refractivity contribution is 0.354. The molecular weight excluding hydrogens is 202 g/mol. The topological polar surface area (TPSA) is 55.6 Å². The molecule has 0 aliphatic heterocycles. The summed E-state index contributed by atoms with van der Waals surface area (Å²) in [4.78, 5) is 0. The molecule has 16 heavy (non-hydrogen) atoms. The zero-order valence-corrected chi connectivity index (χ0v) is 10.9. The van der Waals surface area contributed by atoms with Crippen LogP contribution in [0.1, 0.15) is 45.9 Å². The normalized spacial score (nSPS) is 15.4. The standard InChI is InChI=1S/C11H23N5/c1-6-7-12-9(4)10(8(2)3)11-13-14-15-16(11)5/h8-10,12H,6-7H2,1-5H3. The largest absolute Gasteiger partial charge is 0.314 e. The van der Waals surface area contributed by atoms with Gasteiger partial charge in [-0.25, -0.2) is 4.68 Å². The predicted octanol–water partition coefficient (Wildman–Crippen LogP) is 1.34. The van der Waals surface area contributed by atoms with Gasteiger partial charge in [0, 0.05) is 19.0 Å². The van der Waals surface area contributed by atoms with Crippen molar-refractivity contribution in [3.05, 3.63) is 5.82 Å². The van der Waals surface area contributed by atoms with E-state index in [2.05, 4.69) is 48.5 Å². The first-order valence-electron chi connectivity index (χ1n) is 6.03. The highest BCUT2D eigenvalue weighted by molar-refractivity contribution is 5.00. The highest BCUT2D eigenvalue weighted by atomic mass is 15.5. The summed E-state index contributed by atoms with van der Waals surface area (Å²) in [7, 11) is 1.90. The summed E-state index contributed by atoms with van der Waals surface area (Å²) in [6.45, 7) is 9.84. The quantitative estimate of drug-likeness (QED) is 0.793. The van der Waals surface area contributed by atoms with E-state index in [0.717, 1.165) is 18.8 Å². The van der Waals surface area contributed by atoms with Gasteiger partial charge in [-0.1, -0.05) is 20.8 Å². The Morgan fingerprint density at radius 3 is 2.44 bits per heavy atom. The minimum absolute atomic E-state index is 0.353. The Bertz CT molecular complexity index is 307. The summed E-state index contributed by atoms with van der Waals surface area (Å²) >= 11 is 0. The highest BCUT2D eigenvalue weighted by Crippen LogP contribution is 2.25. The lowest BCUT2D eigenvalue weighted by Crippen LogP contribution is -2.36. The SMILES string of the molecule is CCCNC(C)C(c1nnnn1C)C(C)C. The Morgan fingerprint density at radius 2 is 2.00 bits per heavy atom. The van der Waals surface area contributed by atoms with E-state index >= 15 is 0 Å². The van der Waals surface area contributed by atoms with Crippen LogP contribution in [0.3, 0.4) is 0 Å². The number of aromatic nitrogens is 4. The van der Waals surface area contributed by atoms with Crippen LogP contribution >= 0.6 is 0 Å². The number of hydrogen-bond acceptors (Lipinski definition) is 4. The Balaban J connectivity index is 2.79. The third-order valence-electron chi connectivity index (χ3n) is 2.92. The summed E-state index contributed by atoms with van der Waals surface area (Å²) < 4.78 is 1.77. The van der Waals surface area contributed by atoms with Crippen molar-refractivity contribution in [2.75, 3.05) is 6.54 Å². The van der Waals surface area contributed by atoms with Gasteiger partial charge in [0.2, 0.25) is 0 Å². The van der Waals surface area contributed by atoms with Crippen molar-refractivity contribution in [3.8, 4) is 0 Å². The summed E-state index contributed by atoms with van der Waals surface area (Å²) in [6, 6.07) is 0.393. The molecular formula is C11H23N5. The molecule has 0 spiro atoms. The van der Waals surface area contributed by atoms with Gasteiger partial charge in [0.25, 0.3) is 0 Å². The van der Waals surface area contributed by atoms with Crippen molar-refractivity contribution in [2.24, 2.45) is 13.0 Å². The van der Waals surface area contributed by atoms with Crippen molar-refractivity contribution in [3.63, 3.8) is 0 Å². The van der Waals surface area contributed by atoms with Crippen LogP contribution in [0.4, 0.5) is 0 Å². The van der Waals surface area contributed by atoms with Crippen molar-refractivity contribution in [1.29, 1.82) is 0 Å². The van der Waals surface area contributed by atoms with Crippen molar-refractivity contribution < 1.29 is 0 Å². The molecule has 1 rings (SSSR count). The van der Waals surface area contributed by atoms with Crippen LogP contribution in [0.15, 0.2) is 0 Å². The third-order valence-corrected chi connectivity index (χ3v) is 2.92. The highest BCUT2D eigenvalue weighted by Gasteiger charge is 2.26. The average molecular weight is 225 g/mol. The van der Waals surface area contributed by atoms with Crippen molar-refractivity contribution in [2.45, 2.75) is 46.1 Å². The zero-order chi connectivity index (χ0) is 12.1. The minimum atomic E-state index is 0.353. The maximum atomic E-state index is 4.13. The van der Waals surface area contributed by atoms with Crippen molar-refractivity contribution >= 4 is 0 Å². The molecule has 0 amide bonds. The molecule has 0 aromatic carbocycles. The molecule has 1 aromatic heterocycles. The fourth-order valence-electron chi connectivity index (χ4n) is 2.12. The second-order valence-corrected chi connectivity index (χ2v) is 4.67. The summed E-state index contributed by atoms with van der Waals surface area (Å²) in [5, 5.41) is 15.3. The maximum Gasteiger partial charge on any atom is 0.155 e. The fourth-order valence-corrected chi connectivity index (χ4v) is 2.12. The average Bonchev–Trinajstić information content (AvgIpc) is 2.62. The van der Waals surface area contributed by atoms with E-state index in [4.69, 9.17) is 0 Å². The summed E-state index contributed by atoms with van der Waals surface area (Å²) in [5.41, 5.74) is 0. The summed E-state index contributed by atoms with van der Waals surface area (Å²) in [5.74, 6) is 1.83. The van der Waals surface area contributed by atoms with Crippen LogP contribution in [0.2, 0.25) is 0 Å². The molecule has 0 saturated heterocycles. The van der Waals surface area contributed by atoms with Gasteiger partial charge in [0.05, 0.1) is 0 Å². The van der Waals surface area contributed by atoms with E-state index in [1.165, 1.54) is 0 Å². The molecule has 5 nitrogen and oxygen atoms in total. The molecule has 1 N–H and O–H groups in total. The van der Waals surface area contributed by atoms with Gasteiger partial charge in [0.1, 0.15) is 0 Å². The Hall–Kier alpha value is -0.970. The smallest absolute Gasteiger partial charge is 0.155 e. The molecule has 0 aliphatic carbocycles. The van der Waals surface area contributed by atoms with Gasteiger partial charge in [-0.05, 0) is 36.2 Å². The molecule has 92 valence electrons. The third kappa shape index (κ3) is 3.01. The predicted molar refractivity (Wildman–Crippen MR) is 64.1 cm³/mol. The summed E-state index contributed by atoms with van der Waals surface area (Å²) in [6.07, 6.45) is 1.15. The van der Waals surface area contributed by atoms with Gasteiger partial charge in [-0.15, -0.1) is 5.10 Å². The molecule has 5 heteroatoms. The Morgan fingerprint density at radius 1 is 1.31 bits per heavy atom. The fraction of sp³-hybridized carbons (Fsp3) is 0.909. The first-order chi connectivity index (χ1) is 7.57. The van der Waals surface area contributed by atoms with E-state index in [0.29, 0.717) is 17.9 Å². The number of rotatable bonds is 6. The van der Waals surface area contributed by atoms with Crippen LogP contribution in [-0.2, 0) is 7.05 Å². The van der Waals surface area contributed by atoms with Crippen LogP contribution in [-0.4, -0.2) is 32.8 Å². The van der Waals surface area contributed by atoms with E-state index in [-0.39, 0.29) is 0 Å². The second-order valence-electron chi connectivity index (χ2n) is 4.67. The van der Waals surface area contributed by atoms with Gasteiger partial charge in [0.15, 0.2) is 5.82 Å².